The maximum absolute atomic E-state index is 12.8. The quantitative estimate of drug-likeness (QED) is 0.0533. The summed E-state index contributed by atoms with van der Waals surface area (Å²) in [6.45, 7) is 3.95. The number of ketones is 1. The zero-order chi connectivity index (χ0) is 30.3. The molecule has 244 valence electrons. The molecule has 4 nitrogen and oxygen atoms in total. The predicted molar refractivity (Wildman–Crippen MR) is 177 cm³/mol. The van der Waals surface area contributed by atoms with Gasteiger partial charge in [0.2, 0.25) is 0 Å². The summed E-state index contributed by atoms with van der Waals surface area (Å²) in [5.41, 5.74) is -1.80. The summed E-state index contributed by atoms with van der Waals surface area (Å²) in [7, 11) is 0. The zero-order valence-corrected chi connectivity index (χ0v) is 27.7. The van der Waals surface area contributed by atoms with Crippen LogP contribution in [0.3, 0.4) is 0 Å². The molecule has 0 aliphatic rings. The number of carbonyl (C=O) groups excluding carboxylic acids is 1. The van der Waals surface area contributed by atoms with Crippen molar-refractivity contribution < 1.29 is 20.1 Å². The second-order valence-electron chi connectivity index (χ2n) is 12.7. The van der Waals surface area contributed by atoms with Gasteiger partial charge in [-0.05, 0) is 38.5 Å². The van der Waals surface area contributed by atoms with Gasteiger partial charge in [0.25, 0.3) is 0 Å². The highest BCUT2D eigenvalue weighted by atomic mass is 16.4. The van der Waals surface area contributed by atoms with E-state index in [2.05, 4.69) is 26.0 Å². The van der Waals surface area contributed by atoms with Gasteiger partial charge in [-0.3, -0.25) is 4.79 Å². The SMILES string of the molecule is CCCCCCCC/C=C\CCCCCCCC(=O)C(O)(CCCCCCCCCCCCCCCC)C(O)CO. The molecule has 0 spiro atoms. The minimum absolute atomic E-state index is 0.247. The molecule has 4 heteroatoms. The molecule has 0 rings (SSSR count). The number of Topliss-reactive ketones (excluding diaryl/α,β-unsaturated/α-hetero) is 1. The van der Waals surface area contributed by atoms with Gasteiger partial charge in [-0.25, -0.2) is 0 Å². The smallest absolute Gasteiger partial charge is 0.167 e. The predicted octanol–water partition coefficient (Wildman–Crippen LogP) is 10.5. The number of carbonyl (C=O) groups is 1. The van der Waals surface area contributed by atoms with Crippen LogP contribution in [-0.2, 0) is 4.79 Å². The molecule has 0 saturated carbocycles. The van der Waals surface area contributed by atoms with Crippen molar-refractivity contribution in [3.8, 4) is 0 Å². The average Bonchev–Trinajstić information content (AvgIpc) is 2.98. The zero-order valence-electron chi connectivity index (χ0n) is 27.7. The minimum Gasteiger partial charge on any atom is -0.394 e. The van der Waals surface area contributed by atoms with Gasteiger partial charge < -0.3 is 15.3 Å². The Balaban J connectivity index is 3.85. The van der Waals surface area contributed by atoms with Crippen LogP contribution in [0.2, 0.25) is 0 Å². The molecule has 2 unspecified atom stereocenters. The van der Waals surface area contributed by atoms with Crippen molar-refractivity contribution in [3.63, 3.8) is 0 Å². The van der Waals surface area contributed by atoms with Crippen LogP contribution < -0.4 is 0 Å². The molecule has 3 N–H and O–H groups in total. The summed E-state index contributed by atoms with van der Waals surface area (Å²) >= 11 is 0. The molecular weight excluding hydrogens is 508 g/mol. The van der Waals surface area contributed by atoms with Crippen LogP contribution in [-0.4, -0.2) is 39.4 Å². The van der Waals surface area contributed by atoms with Gasteiger partial charge in [0, 0.05) is 6.42 Å². The van der Waals surface area contributed by atoms with E-state index in [1.165, 1.54) is 122 Å². The summed E-state index contributed by atoms with van der Waals surface area (Å²) in [6, 6.07) is 0. The third-order valence-corrected chi connectivity index (χ3v) is 8.78. The topological polar surface area (TPSA) is 77.8 Å². The normalized spacial score (nSPS) is 14.1. The van der Waals surface area contributed by atoms with Crippen LogP contribution >= 0.6 is 0 Å². The number of aliphatic hydroxyl groups excluding tert-OH is 2. The van der Waals surface area contributed by atoms with Crippen molar-refractivity contribution in [2.24, 2.45) is 0 Å². The number of hydrogen-bond acceptors (Lipinski definition) is 4. The largest absolute Gasteiger partial charge is 0.394 e. The number of unbranched alkanes of at least 4 members (excludes halogenated alkanes) is 24. The lowest BCUT2D eigenvalue weighted by molar-refractivity contribution is -0.156. The molecule has 0 heterocycles. The molecule has 2 atom stereocenters. The van der Waals surface area contributed by atoms with Gasteiger partial charge in [0.15, 0.2) is 11.4 Å². The third kappa shape index (κ3) is 24.4. The second-order valence-corrected chi connectivity index (χ2v) is 12.7. The van der Waals surface area contributed by atoms with E-state index in [0.29, 0.717) is 6.42 Å². The first-order valence-corrected chi connectivity index (χ1v) is 18.2. The van der Waals surface area contributed by atoms with Crippen molar-refractivity contribution in [2.45, 2.75) is 212 Å². The Morgan fingerprint density at radius 3 is 1.29 bits per heavy atom. The van der Waals surface area contributed by atoms with Crippen molar-refractivity contribution in [2.75, 3.05) is 6.61 Å². The molecular formula is C37H72O4. The van der Waals surface area contributed by atoms with Gasteiger partial charge in [-0.1, -0.05) is 167 Å². The standard InChI is InChI=1S/C37H72O4/c1-3-5-7-9-11-13-15-17-19-20-22-24-26-28-30-32-35(39)37(41,36(40)34-38)33-31-29-27-25-23-21-18-16-14-12-10-8-6-4-2/h17,19,36,38,40-41H,3-16,18,20-34H2,1-2H3/b19-17-. The Kier molecular flexibility index (Phi) is 30.2. The number of allylic oxidation sites excluding steroid dienone is 2. The van der Waals surface area contributed by atoms with E-state index in [-0.39, 0.29) is 18.6 Å². The first kappa shape index (κ1) is 40.3. The van der Waals surface area contributed by atoms with Crippen LogP contribution in [0.1, 0.15) is 200 Å². The van der Waals surface area contributed by atoms with Crippen LogP contribution in [0.15, 0.2) is 12.2 Å². The Labute approximate surface area is 256 Å². The lowest BCUT2D eigenvalue weighted by atomic mass is 9.84. The van der Waals surface area contributed by atoms with Crippen LogP contribution in [0.5, 0.6) is 0 Å². The molecule has 0 amide bonds. The lowest BCUT2D eigenvalue weighted by Gasteiger charge is -2.31. The molecule has 0 fully saturated rings. The first-order valence-electron chi connectivity index (χ1n) is 18.2. The van der Waals surface area contributed by atoms with E-state index in [9.17, 15) is 20.1 Å². The monoisotopic (exact) mass is 581 g/mol. The van der Waals surface area contributed by atoms with Crippen LogP contribution in [0.4, 0.5) is 0 Å². The second kappa shape index (κ2) is 30.7. The Morgan fingerprint density at radius 2 is 0.902 bits per heavy atom. The maximum atomic E-state index is 12.8. The highest BCUT2D eigenvalue weighted by Crippen LogP contribution is 2.25. The molecule has 41 heavy (non-hydrogen) atoms. The van der Waals surface area contributed by atoms with E-state index in [0.717, 1.165) is 44.9 Å². The fraction of sp³-hybridized carbons (Fsp3) is 0.919. The van der Waals surface area contributed by atoms with Crippen molar-refractivity contribution >= 4 is 5.78 Å². The highest BCUT2D eigenvalue weighted by Gasteiger charge is 2.41. The summed E-state index contributed by atoms with van der Waals surface area (Å²) < 4.78 is 0. The third-order valence-electron chi connectivity index (χ3n) is 8.78. The van der Waals surface area contributed by atoms with E-state index >= 15 is 0 Å². The van der Waals surface area contributed by atoms with Crippen molar-refractivity contribution in [3.05, 3.63) is 12.2 Å². The van der Waals surface area contributed by atoms with Crippen molar-refractivity contribution in [1.82, 2.24) is 0 Å². The van der Waals surface area contributed by atoms with Crippen molar-refractivity contribution in [1.29, 1.82) is 0 Å². The molecule has 0 aromatic carbocycles. The lowest BCUT2D eigenvalue weighted by Crippen LogP contribution is -2.51. The fourth-order valence-electron chi connectivity index (χ4n) is 5.80. The first-order chi connectivity index (χ1) is 20.0. The van der Waals surface area contributed by atoms with E-state index in [4.69, 9.17) is 0 Å². The number of hydrogen-bond donors (Lipinski definition) is 3. The number of rotatable bonds is 33. The summed E-state index contributed by atoms with van der Waals surface area (Å²) in [4.78, 5) is 12.8. The molecule has 0 aromatic heterocycles. The van der Waals surface area contributed by atoms with E-state index in [1.54, 1.807) is 0 Å². The molecule has 0 aromatic rings. The maximum Gasteiger partial charge on any atom is 0.167 e. The van der Waals surface area contributed by atoms with Crippen LogP contribution in [0.25, 0.3) is 0 Å². The molecule has 0 aliphatic heterocycles. The molecule has 0 radical (unpaired) electrons. The van der Waals surface area contributed by atoms with Gasteiger partial charge in [-0.2, -0.15) is 0 Å². The highest BCUT2D eigenvalue weighted by molar-refractivity contribution is 5.87. The van der Waals surface area contributed by atoms with E-state index in [1.807, 2.05) is 0 Å². The van der Waals surface area contributed by atoms with Crippen LogP contribution in [0, 0.1) is 0 Å². The molecule has 0 saturated heterocycles. The Morgan fingerprint density at radius 1 is 0.561 bits per heavy atom. The van der Waals surface area contributed by atoms with E-state index < -0.39 is 18.3 Å². The molecule has 0 aliphatic carbocycles. The van der Waals surface area contributed by atoms with Gasteiger partial charge in [0.1, 0.15) is 6.10 Å². The fourth-order valence-corrected chi connectivity index (χ4v) is 5.80. The number of aliphatic hydroxyl groups is 3. The Bertz CT molecular complexity index is 575. The Hall–Kier alpha value is -0.710. The van der Waals surface area contributed by atoms with Gasteiger partial charge in [-0.15, -0.1) is 0 Å². The summed E-state index contributed by atoms with van der Waals surface area (Å²) in [6.07, 6.45) is 36.9. The molecule has 0 bridgehead atoms. The average molecular weight is 581 g/mol. The summed E-state index contributed by atoms with van der Waals surface area (Å²) in [5, 5.41) is 30.7. The van der Waals surface area contributed by atoms with Gasteiger partial charge in [0.05, 0.1) is 6.61 Å². The summed E-state index contributed by atoms with van der Waals surface area (Å²) in [5.74, 6) is -0.300. The minimum atomic E-state index is -1.80. The van der Waals surface area contributed by atoms with Gasteiger partial charge >= 0.3 is 0 Å².